The van der Waals surface area contributed by atoms with Crippen molar-refractivity contribution in [2.75, 3.05) is 0 Å². The van der Waals surface area contributed by atoms with Gasteiger partial charge >= 0.3 is 0 Å². The lowest BCUT2D eigenvalue weighted by Crippen LogP contribution is -2.29. The Kier molecular flexibility index (Phi) is 3.63. The molecule has 0 nitrogen and oxygen atoms in total. The molecule has 3 aliphatic carbocycles. The fourth-order valence-corrected chi connectivity index (χ4v) is 5.46. The minimum Gasteiger partial charge on any atom is -0.0810 e. The summed E-state index contributed by atoms with van der Waals surface area (Å²) >= 11 is 0. The van der Waals surface area contributed by atoms with Crippen molar-refractivity contribution in [1.82, 2.24) is 0 Å². The summed E-state index contributed by atoms with van der Waals surface area (Å²) in [5.41, 5.74) is 5.76. The van der Waals surface area contributed by atoms with E-state index in [1.54, 1.807) is 11.1 Å². The van der Waals surface area contributed by atoms with E-state index in [0.29, 0.717) is 5.41 Å². The largest absolute Gasteiger partial charge is 0.0810 e. The van der Waals surface area contributed by atoms with E-state index < -0.39 is 0 Å². The normalized spacial score (nSPS) is 41.3. The zero-order chi connectivity index (χ0) is 14.5. The van der Waals surface area contributed by atoms with Crippen molar-refractivity contribution in [3.8, 4) is 0 Å². The SMILES string of the molecule is CC1=CC[C@H]2[C@H](C(C)C)CC[C@]2(C)CC2=C1CC[C@H]2C. The summed E-state index contributed by atoms with van der Waals surface area (Å²) in [6, 6.07) is 0. The van der Waals surface area contributed by atoms with Gasteiger partial charge < -0.3 is 0 Å². The van der Waals surface area contributed by atoms with Gasteiger partial charge in [-0.15, -0.1) is 0 Å². The second-order valence-corrected chi connectivity index (χ2v) is 8.45. The van der Waals surface area contributed by atoms with Crippen molar-refractivity contribution >= 4 is 0 Å². The Morgan fingerprint density at radius 2 is 2.00 bits per heavy atom. The molecule has 0 aromatic heterocycles. The van der Waals surface area contributed by atoms with Crippen LogP contribution in [0, 0.1) is 29.1 Å². The molecule has 0 heteroatoms. The first kappa shape index (κ1) is 14.4. The topological polar surface area (TPSA) is 0 Å². The van der Waals surface area contributed by atoms with Gasteiger partial charge in [-0.1, -0.05) is 44.9 Å². The summed E-state index contributed by atoms with van der Waals surface area (Å²) < 4.78 is 0. The van der Waals surface area contributed by atoms with Gasteiger partial charge in [0, 0.05) is 0 Å². The zero-order valence-corrected chi connectivity index (χ0v) is 14.1. The first-order chi connectivity index (χ1) is 9.42. The highest BCUT2D eigenvalue weighted by molar-refractivity contribution is 5.40. The van der Waals surface area contributed by atoms with Gasteiger partial charge in [0.25, 0.3) is 0 Å². The molecule has 112 valence electrons. The first-order valence-corrected chi connectivity index (χ1v) is 8.81. The summed E-state index contributed by atoms with van der Waals surface area (Å²) in [7, 11) is 0. The summed E-state index contributed by atoms with van der Waals surface area (Å²) in [6.07, 6.45) is 11.0. The average molecular weight is 272 g/mol. The van der Waals surface area contributed by atoms with Crippen LogP contribution < -0.4 is 0 Å². The van der Waals surface area contributed by atoms with Gasteiger partial charge in [-0.05, 0) is 80.1 Å². The molecular weight excluding hydrogens is 240 g/mol. The van der Waals surface area contributed by atoms with E-state index >= 15 is 0 Å². The quantitative estimate of drug-likeness (QED) is 0.537. The number of hydrogen-bond donors (Lipinski definition) is 0. The van der Waals surface area contributed by atoms with Gasteiger partial charge in [-0.3, -0.25) is 0 Å². The number of rotatable bonds is 1. The molecule has 1 fully saturated rings. The van der Waals surface area contributed by atoms with Gasteiger partial charge in [0.05, 0.1) is 0 Å². The predicted molar refractivity (Wildman–Crippen MR) is 87.6 cm³/mol. The molecule has 0 spiro atoms. The Labute approximate surface area is 125 Å². The van der Waals surface area contributed by atoms with Crippen LogP contribution in [0.15, 0.2) is 22.8 Å². The average Bonchev–Trinajstić information content (AvgIpc) is 2.88. The van der Waals surface area contributed by atoms with Crippen molar-refractivity contribution in [3.63, 3.8) is 0 Å². The third kappa shape index (κ3) is 2.20. The van der Waals surface area contributed by atoms with Crippen LogP contribution in [0.25, 0.3) is 0 Å². The number of allylic oxidation sites excluding steroid dienone is 4. The Bertz CT molecular complexity index is 451. The van der Waals surface area contributed by atoms with Crippen molar-refractivity contribution < 1.29 is 0 Å². The fraction of sp³-hybridized carbons (Fsp3) is 0.800. The molecule has 0 unspecified atom stereocenters. The monoisotopic (exact) mass is 272 g/mol. The molecule has 0 saturated heterocycles. The lowest BCUT2D eigenvalue weighted by atomic mass is 9.67. The van der Waals surface area contributed by atoms with Crippen LogP contribution in [0.5, 0.6) is 0 Å². The summed E-state index contributed by atoms with van der Waals surface area (Å²) in [6.45, 7) is 12.3. The lowest BCUT2D eigenvalue weighted by molar-refractivity contribution is 0.163. The Morgan fingerprint density at radius 3 is 2.70 bits per heavy atom. The van der Waals surface area contributed by atoms with Gasteiger partial charge in [-0.25, -0.2) is 0 Å². The lowest BCUT2D eigenvalue weighted by Gasteiger charge is -2.38. The highest BCUT2D eigenvalue weighted by Gasteiger charge is 2.47. The maximum Gasteiger partial charge on any atom is -0.0222 e. The maximum atomic E-state index is 2.60. The van der Waals surface area contributed by atoms with Crippen LogP contribution in [0.4, 0.5) is 0 Å². The second kappa shape index (κ2) is 5.04. The van der Waals surface area contributed by atoms with Gasteiger partial charge in [0.2, 0.25) is 0 Å². The van der Waals surface area contributed by atoms with Crippen LogP contribution in [-0.2, 0) is 0 Å². The molecule has 0 aromatic carbocycles. The van der Waals surface area contributed by atoms with E-state index in [-0.39, 0.29) is 0 Å². The van der Waals surface area contributed by atoms with Crippen molar-refractivity contribution in [2.45, 2.75) is 73.1 Å². The fourth-order valence-electron chi connectivity index (χ4n) is 5.46. The highest BCUT2D eigenvalue weighted by Crippen LogP contribution is 2.57. The van der Waals surface area contributed by atoms with E-state index in [1.165, 1.54) is 38.5 Å². The van der Waals surface area contributed by atoms with E-state index in [2.05, 4.69) is 40.7 Å². The molecule has 20 heavy (non-hydrogen) atoms. The minimum atomic E-state index is 0.575. The molecule has 0 aliphatic heterocycles. The second-order valence-electron chi connectivity index (χ2n) is 8.45. The molecule has 0 radical (unpaired) electrons. The third-order valence-corrected chi connectivity index (χ3v) is 6.88. The minimum absolute atomic E-state index is 0.575. The van der Waals surface area contributed by atoms with Crippen LogP contribution in [0.2, 0.25) is 0 Å². The molecular formula is C20H32. The molecule has 0 heterocycles. The van der Waals surface area contributed by atoms with Crippen molar-refractivity contribution in [3.05, 3.63) is 22.8 Å². The summed E-state index contributed by atoms with van der Waals surface area (Å²) in [5.74, 6) is 3.55. The van der Waals surface area contributed by atoms with Crippen molar-refractivity contribution in [1.29, 1.82) is 0 Å². The molecule has 0 N–H and O–H groups in total. The van der Waals surface area contributed by atoms with Crippen molar-refractivity contribution in [2.24, 2.45) is 29.1 Å². The summed E-state index contributed by atoms with van der Waals surface area (Å²) in [4.78, 5) is 0. The van der Waals surface area contributed by atoms with E-state index in [9.17, 15) is 0 Å². The van der Waals surface area contributed by atoms with E-state index in [4.69, 9.17) is 0 Å². The molecule has 0 amide bonds. The molecule has 0 aromatic rings. The Balaban J connectivity index is 1.97. The van der Waals surface area contributed by atoms with Gasteiger partial charge in [0.15, 0.2) is 0 Å². The zero-order valence-electron chi connectivity index (χ0n) is 14.1. The highest BCUT2D eigenvalue weighted by atomic mass is 14.5. The van der Waals surface area contributed by atoms with Crippen LogP contribution in [-0.4, -0.2) is 0 Å². The first-order valence-electron chi connectivity index (χ1n) is 8.81. The smallest absolute Gasteiger partial charge is 0.0222 e. The maximum absolute atomic E-state index is 2.60. The number of fused-ring (bicyclic) bond motifs is 1. The number of hydrogen-bond acceptors (Lipinski definition) is 0. The molecule has 4 atom stereocenters. The standard InChI is InChI=1S/C20H32/c1-13(2)16-10-11-20(5)12-18-15(4)6-8-17(18)14(3)7-9-19(16)20/h7,13,15-16,19H,6,8-12H2,1-5H3/t15-,16+,19+,20-/m1/s1. The van der Waals surface area contributed by atoms with Crippen LogP contribution in [0.3, 0.4) is 0 Å². The Hall–Kier alpha value is -0.520. The molecule has 1 saturated carbocycles. The van der Waals surface area contributed by atoms with E-state index in [1.807, 2.05) is 5.57 Å². The van der Waals surface area contributed by atoms with E-state index in [0.717, 1.165) is 23.7 Å². The predicted octanol–water partition coefficient (Wildman–Crippen LogP) is 6.14. The molecule has 3 aliphatic rings. The molecule has 0 bridgehead atoms. The Morgan fingerprint density at radius 1 is 1.25 bits per heavy atom. The summed E-state index contributed by atoms with van der Waals surface area (Å²) in [5, 5.41) is 0. The van der Waals surface area contributed by atoms with Crippen LogP contribution in [0.1, 0.15) is 73.1 Å². The van der Waals surface area contributed by atoms with Gasteiger partial charge in [0.1, 0.15) is 0 Å². The molecule has 3 rings (SSSR count). The van der Waals surface area contributed by atoms with Crippen LogP contribution >= 0.6 is 0 Å². The van der Waals surface area contributed by atoms with Gasteiger partial charge in [-0.2, -0.15) is 0 Å². The third-order valence-electron chi connectivity index (χ3n) is 6.88.